The van der Waals surface area contributed by atoms with E-state index in [-0.39, 0.29) is 28.4 Å². The van der Waals surface area contributed by atoms with E-state index in [1.165, 1.54) is 12.4 Å². The molecular formula is C23H14ClN3O4. The summed E-state index contributed by atoms with van der Waals surface area (Å²) in [5.41, 5.74) is -0.662. The van der Waals surface area contributed by atoms with Gasteiger partial charge >= 0.3 is 0 Å². The second-order valence-electron chi connectivity index (χ2n) is 7.16. The van der Waals surface area contributed by atoms with Crippen LogP contribution < -0.4 is 22.0 Å². The minimum absolute atomic E-state index is 0.0324. The van der Waals surface area contributed by atoms with Crippen molar-refractivity contribution in [3.8, 4) is 11.1 Å². The number of hydrogen-bond acceptors (Lipinski definition) is 4. The summed E-state index contributed by atoms with van der Waals surface area (Å²) in [6.07, 6.45) is 2.88. The van der Waals surface area contributed by atoms with Crippen molar-refractivity contribution in [2.24, 2.45) is 0 Å². The number of benzene rings is 3. The maximum absolute atomic E-state index is 13.0. The molecule has 0 aliphatic heterocycles. The van der Waals surface area contributed by atoms with Crippen LogP contribution in [-0.2, 0) is 6.54 Å². The van der Waals surface area contributed by atoms with Gasteiger partial charge in [-0.1, -0.05) is 48.0 Å². The van der Waals surface area contributed by atoms with Crippen LogP contribution in [0.5, 0.6) is 0 Å². The molecule has 0 bridgehead atoms. The van der Waals surface area contributed by atoms with Crippen LogP contribution in [0.4, 0.5) is 0 Å². The smallest absolute Gasteiger partial charge is 0.266 e. The molecule has 31 heavy (non-hydrogen) atoms. The molecule has 8 heteroatoms. The summed E-state index contributed by atoms with van der Waals surface area (Å²) < 4.78 is 0.929. The summed E-state index contributed by atoms with van der Waals surface area (Å²) in [7, 11) is 0. The summed E-state index contributed by atoms with van der Waals surface area (Å²) in [5.74, 6) is 0. The molecule has 5 aromatic rings. The van der Waals surface area contributed by atoms with E-state index in [0.717, 1.165) is 15.7 Å². The van der Waals surface area contributed by atoms with Crippen molar-refractivity contribution in [3.63, 3.8) is 0 Å². The molecule has 0 saturated carbocycles. The molecule has 0 spiro atoms. The van der Waals surface area contributed by atoms with E-state index in [1.54, 1.807) is 18.2 Å². The van der Waals surface area contributed by atoms with Crippen LogP contribution in [0.3, 0.4) is 0 Å². The normalized spacial score (nSPS) is 11.4. The summed E-state index contributed by atoms with van der Waals surface area (Å²) in [5, 5.41) is -0.201. The van der Waals surface area contributed by atoms with Gasteiger partial charge in [-0.2, -0.15) is 0 Å². The average molecular weight is 432 g/mol. The van der Waals surface area contributed by atoms with Crippen LogP contribution in [0, 0.1) is 0 Å². The zero-order valence-corrected chi connectivity index (χ0v) is 16.7. The predicted octanol–water partition coefficient (Wildman–Crippen LogP) is 2.70. The van der Waals surface area contributed by atoms with Crippen molar-refractivity contribution >= 4 is 33.4 Å². The molecule has 0 unspecified atom stereocenters. The zero-order chi connectivity index (χ0) is 21.7. The first-order valence-electron chi connectivity index (χ1n) is 9.43. The van der Waals surface area contributed by atoms with Crippen molar-refractivity contribution < 1.29 is 0 Å². The number of nitrogens with one attached hydrogen (secondary N) is 2. The Morgan fingerprint density at radius 1 is 0.774 bits per heavy atom. The SMILES string of the molecule is O=c1c2[nH]cc[nH]c2c(=O)c2c(=O)n(Cc3cccc(-c4ccccc4Cl)c3)c(=O)c12. The lowest BCUT2D eigenvalue weighted by atomic mass is 10.0. The third-order valence-electron chi connectivity index (χ3n) is 5.32. The van der Waals surface area contributed by atoms with E-state index in [0.29, 0.717) is 10.6 Å². The highest BCUT2D eigenvalue weighted by molar-refractivity contribution is 6.33. The highest BCUT2D eigenvalue weighted by Crippen LogP contribution is 2.28. The van der Waals surface area contributed by atoms with Crippen molar-refractivity contribution in [3.05, 3.63) is 113 Å². The molecule has 2 aromatic heterocycles. The fraction of sp³-hybridized carbons (Fsp3) is 0.0435. The molecule has 0 atom stereocenters. The first-order chi connectivity index (χ1) is 15.0. The van der Waals surface area contributed by atoms with Gasteiger partial charge in [-0.25, -0.2) is 0 Å². The van der Waals surface area contributed by atoms with Gasteiger partial charge in [-0.3, -0.25) is 23.7 Å². The Hall–Kier alpha value is -3.97. The number of aromatic amines is 2. The standard InChI is InChI=1S/C23H14ClN3O4/c24-15-7-2-1-6-14(15)13-5-3-4-12(10-13)11-27-22(30)16-17(23(27)31)21(29)19-18(20(16)28)25-8-9-26-19/h1-10,25-26H,11H2. The van der Waals surface area contributed by atoms with Crippen LogP contribution in [0.25, 0.3) is 32.9 Å². The van der Waals surface area contributed by atoms with Gasteiger partial charge in [-0.05, 0) is 23.3 Å². The molecule has 5 rings (SSSR count). The Morgan fingerprint density at radius 2 is 1.39 bits per heavy atom. The molecule has 7 nitrogen and oxygen atoms in total. The lowest BCUT2D eigenvalue weighted by molar-refractivity contribution is 0.754. The molecular weight excluding hydrogens is 418 g/mol. The minimum Gasteiger partial charge on any atom is -0.355 e. The largest absolute Gasteiger partial charge is 0.355 e. The van der Waals surface area contributed by atoms with Crippen molar-refractivity contribution in [1.29, 1.82) is 0 Å². The Kier molecular flexibility index (Phi) is 4.34. The van der Waals surface area contributed by atoms with E-state index in [9.17, 15) is 19.2 Å². The monoisotopic (exact) mass is 431 g/mol. The molecule has 152 valence electrons. The maximum Gasteiger partial charge on any atom is 0.266 e. The Balaban J connectivity index is 1.71. The number of fused-ring (bicyclic) bond motifs is 2. The molecule has 0 saturated heterocycles. The van der Waals surface area contributed by atoms with Crippen LogP contribution in [0.2, 0.25) is 5.02 Å². The van der Waals surface area contributed by atoms with E-state index in [1.807, 2.05) is 30.3 Å². The van der Waals surface area contributed by atoms with Gasteiger partial charge in [0.1, 0.15) is 21.8 Å². The second kappa shape index (κ2) is 7.07. The third-order valence-corrected chi connectivity index (χ3v) is 5.65. The number of aromatic nitrogens is 3. The number of rotatable bonds is 3. The number of nitrogens with zero attached hydrogens (tertiary/aromatic N) is 1. The number of H-pyrrole nitrogens is 2. The number of halogens is 1. The average Bonchev–Trinajstić information content (AvgIpc) is 3.03. The summed E-state index contributed by atoms with van der Waals surface area (Å²) in [6, 6.07) is 14.6. The molecule has 0 radical (unpaired) electrons. The van der Waals surface area contributed by atoms with E-state index >= 15 is 0 Å². The van der Waals surface area contributed by atoms with E-state index < -0.39 is 22.0 Å². The van der Waals surface area contributed by atoms with Crippen molar-refractivity contribution in [2.75, 3.05) is 0 Å². The molecule has 0 fully saturated rings. The molecule has 0 aliphatic rings. The molecule has 0 amide bonds. The maximum atomic E-state index is 13.0. The van der Waals surface area contributed by atoms with Crippen LogP contribution >= 0.6 is 11.6 Å². The lowest BCUT2D eigenvalue weighted by Gasteiger charge is -2.07. The summed E-state index contributed by atoms with van der Waals surface area (Å²) in [6.45, 7) is -0.0761. The predicted molar refractivity (Wildman–Crippen MR) is 120 cm³/mol. The van der Waals surface area contributed by atoms with Gasteiger partial charge < -0.3 is 9.97 Å². The fourth-order valence-electron chi connectivity index (χ4n) is 3.86. The molecule has 2 N–H and O–H groups in total. The topological polar surface area (TPSA) is 105 Å². The zero-order valence-electron chi connectivity index (χ0n) is 15.9. The first kappa shape index (κ1) is 19.0. The molecule has 2 heterocycles. The van der Waals surface area contributed by atoms with Crippen molar-refractivity contribution in [2.45, 2.75) is 6.54 Å². The molecule has 3 aromatic carbocycles. The van der Waals surface area contributed by atoms with Crippen molar-refractivity contribution in [1.82, 2.24) is 14.5 Å². The lowest BCUT2D eigenvalue weighted by Crippen LogP contribution is -2.27. The Labute approximate surface area is 178 Å². The van der Waals surface area contributed by atoms with Gasteiger partial charge in [0.2, 0.25) is 10.9 Å². The van der Waals surface area contributed by atoms with E-state index in [2.05, 4.69) is 9.97 Å². The Morgan fingerprint density at radius 3 is 2.00 bits per heavy atom. The second-order valence-corrected chi connectivity index (χ2v) is 7.56. The van der Waals surface area contributed by atoms with Crippen LogP contribution in [0.1, 0.15) is 5.56 Å². The Bertz CT molecular complexity index is 1640. The van der Waals surface area contributed by atoms with Gasteiger partial charge in [0.25, 0.3) is 11.1 Å². The van der Waals surface area contributed by atoms with Crippen LogP contribution in [-0.4, -0.2) is 14.5 Å². The highest BCUT2D eigenvalue weighted by Gasteiger charge is 2.22. The van der Waals surface area contributed by atoms with Gasteiger partial charge in [0, 0.05) is 23.0 Å². The summed E-state index contributed by atoms with van der Waals surface area (Å²) in [4.78, 5) is 56.9. The first-order valence-corrected chi connectivity index (χ1v) is 9.81. The quantitative estimate of drug-likeness (QED) is 0.458. The van der Waals surface area contributed by atoms with Gasteiger partial charge in [-0.15, -0.1) is 0 Å². The number of hydrogen-bond donors (Lipinski definition) is 2. The summed E-state index contributed by atoms with van der Waals surface area (Å²) >= 11 is 6.28. The third kappa shape index (κ3) is 2.90. The van der Waals surface area contributed by atoms with E-state index in [4.69, 9.17) is 11.6 Å². The van der Waals surface area contributed by atoms with Gasteiger partial charge in [0.05, 0.1) is 6.54 Å². The van der Waals surface area contributed by atoms with Crippen LogP contribution in [0.15, 0.2) is 80.1 Å². The minimum atomic E-state index is -0.774. The highest BCUT2D eigenvalue weighted by atomic mass is 35.5. The van der Waals surface area contributed by atoms with Gasteiger partial charge in [0.15, 0.2) is 0 Å². The molecule has 0 aliphatic carbocycles. The fourth-order valence-corrected chi connectivity index (χ4v) is 4.10.